The Labute approximate surface area is 265 Å². The Kier molecular flexibility index (Phi) is 8.23. The molecule has 0 radical (unpaired) electrons. The Balaban J connectivity index is 1.32. The van der Waals surface area contributed by atoms with Crippen LogP contribution in [0.3, 0.4) is 0 Å². The number of benzene rings is 3. The van der Waals surface area contributed by atoms with Crippen LogP contribution < -0.4 is 16.0 Å². The monoisotopic (exact) mass is 688 g/mol. The maximum Gasteiger partial charge on any atom is 0.419 e. The molecule has 3 aromatic carbocycles. The predicted molar refractivity (Wildman–Crippen MR) is 152 cm³/mol. The van der Waals surface area contributed by atoms with Crippen molar-refractivity contribution in [2.45, 2.75) is 29.3 Å². The van der Waals surface area contributed by atoms with Crippen molar-refractivity contribution in [2.24, 2.45) is 11.3 Å². The van der Waals surface area contributed by atoms with E-state index < -0.39 is 79.9 Å². The Bertz CT molecular complexity index is 1810. The van der Waals surface area contributed by atoms with Crippen molar-refractivity contribution in [1.82, 2.24) is 0 Å². The Morgan fingerprint density at radius 3 is 2.20 bits per heavy atom. The summed E-state index contributed by atoms with van der Waals surface area (Å²) >= 11 is 18.6. The fourth-order valence-corrected chi connectivity index (χ4v) is 5.75. The number of nitrogens with zero attached hydrogens (tertiary/aromatic N) is 1. The van der Waals surface area contributed by atoms with Crippen LogP contribution in [0.5, 0.6) is 0 Å². The molecule has 16 heteroatoms. The lowest BCUT2D eigenvalue weighted by Crippen LogP contribution is -2.24. The van der Waals surface area contributed by atoms with Gasteiger partial charge in [-0.2, -0.15) is 18.4 Å². The Hall–Kier alpha value is -3.99. The number of alkyl halides is 5. The molecule has 2 fully saturated rings. The molecule has 2 atom stereocenters. The second-order valence-corrected chi connectivity index (χ2v) is 12.3. The molecule has 3 amide bonds. The average molecular weight is 690 g/mol. The highest BCUT2D eigenvalue weighted by atomic mass is 35.5. The van der Waals surface area contributed by atoms with Crippen LogP contribution in [-0.4, -0.2) is 22.1 Å². The smallest absolute Gasteiger partial charge is 0.326 e. The number of rotatable bonds is 7. The summed E-state index contributed by atoms with van der Waals surface area (Å²) in [7, 11) is 0. The second kappa shape index (κ2) is 11.4. The van der Waals surface area contributed by atoms with Crippen LogP contribution in [-0.2, 0) is 15.8 Å². The van der Waals surface area contributed by atoms with E-state index in [0.29, 0.717) is 12.1 Å². The van der Waals surface area contributed by atoms with Gasteiger partial charge in [0.2, 0.25) is 11.8 Å². The van der Waals surface area contributed by atoms with Gasteiger partial charge in [0.25, 0.3) is 5.91 Å². The number of hydrogen-bond donors (Lipinski definition) is 3. The Morgan fingerprint density at radius 2 is 1.58 bits per heavy atom. The zero-order chi connectivity index (χ0) is 33.1. The highest BCUT2D eigenvalue weighted by Crippen LogP contribution is 2.65. The number of hydrogen-bond acceptors (Lipinski definition) is 4. The molecule has 2 aliphatic carbocycles. The molecule has 7 nitrogen and oxygen atoms in total. The topological polar surface area (TPSA) is 111 Å². The first-order valence-corrected chi connectivity index (χ1v) is 14.0. The summed E-state index contributed by atoms with van der Waals surface area (Å²) in [5.74, 6) is -9.13. The lowest BCUT2D eigenvalue weighted by molar-refractivity contribution is -0.140. The summed E-state index contributed by atoms with van der Waals surface area (Å²) in [5, 5.41) is 15.7. The number of nitriles is 1. The first kappa shape index (κ1) is 32.4. The van der Waals surface area contributed by atoms with Gasteiger partial charge < -0.3 is 16.0 Å². The van der Waals surface area contributed by atoms with Crippen molar-refractivity contribution in [3.05, 3.63) is 87.7 Å². The van der Waals surface area contributed by atoms with E-state index in [9.17, 15) is 36.3 Å². The Morgan fingerprint density at radius 1 is 0.911 bits per heavy atom. The lowest BCUT2D eigenvalue weighted by atomic mass is 10.0. The third-order valence-corrected chi connectivity index (χ3v) is 8.72. The summed E-state index contributed by atoms with van der Waals surface area (Å²) < 4.78 is 81.0. The summed E-state index contributed by atoms with van der Waals surface area (Å²) in [6, 6.07) is 9.23. The molecule has 0 unspecified atom stereocenters. The highest BCUT2D eigenvalue weighted by Gasteiger charge is 2.67. The second-order valence-electron chi connectivity index (χ2n) is 10.4. The normalized spacial score (nSPS) is 19.2. The molecule has 3 aromatic rings. The van der Waals surface area contributed by atoms with Crippen molar-refractivity contribution in [1.29, 1.82) is 5.26 Å². The van der Waals surface area contributed by atoms with Gasteiger partial charge in [-0.3, -0.25) is 14.4 Å². The number of carbonyl (C=O) groups is 3. The zero-order valence-corrected chi connectivity index (χ0v) is 24.5. The van der Waals surface area contributed by atoms with Crippen LogP contribution in [0.2, 0.25) is 5.02 Å². The summed E-state index contributed by atoms with van der Waals surface area (Å²) in [4.78, 5) is 38.4. The largest absolute Gasteiger partial charge is 0.419 e. The minimum Gasteiger partial charge on any atom is -0.326 e. The summed E-state index contributed by atoms with van der Waals surface area (Å²) in [6.07, 6.45) is -4.55. The molecule has 2 saturated carbocycles. The number of nitrogens with one attached hydrogen (secondary N) is 3. The molecule has 0 aromatic heterocycles. The molecule has 0 spiro atoms. The van der Waals surface area contributed by atoms with E-state index in [1.54, 1.807) is 6.07 Å². The van der Waals surface area contributed by atoms with Gasteiger partial charge in [0, 0.05) is 11.6 Å². The van der Waals surface area contributed by atoms with Crippen molar-refractivity contribution < 1.29 is 40.7 Å². The van der Waals surface area contributed by atoms with Crippen LogP contribution in [0.1, 0.15) is 40.2 Å². The van der Waals surface area contributed by atoms with Gasteiger partial charge in [-0.25, -0.2) is 13.2 Å². The van der Waals surface area contributed by atoms with E-state index in [4.69, 9.17) is 40.1 Å². The minimum absolute atomic E-state index is 0.0295. The van der Waals surface area contributed by atoms with Crippen molar-refractivity contribution in [3.8, 4) is 6.07 Å². The van der Waals surface area contributed by atoms with E-state index in [2.05, 4.69) is 10.6 Å². The van der Waals surface area contributed by atoms with Gasteiger partial charge >= 0.3 is 6.18 Å². The van der Waals surface area contributed by atoms with Crippen LogP contribution >= 0.6 is 34.8 Å². The molecule has 234 valence electrons. The highest BCUT2D eigenvalue weighted by molar-refractivity contribution is 6.53. The first-order chi connectivity index (χ1) is 21.0. The fraction of sp³-hybridized carbons (Fsp3) is 0.241. The van der Waals surface area contributed by atoms with Gasteiger partial charge in [0.05, 0.1) is 33.8 Å². The fourth-order valence-electron chi connectivity index (χ4n) is 4.72. The predicted octanol–water partition coefficient (Wildman–Crippen LogP) is 7.80. The minimum atomic E-state index is -5.00. The number of anilines is 3. The third kappa shape index (κ3) is 6.14. The van der Waals surface area contributed by atoms with Crippen LogP contribution in [0.25, 0.3) is 0 Å². The molecule has 0 heterocycles. The quantitative estimate of drug-likeness (QED) is 0.174. The maximum absolute atomic E-state index is 15.1. The van der Waals surface area contributed by atoms with Crippen molar-refractivity contribution >= 4 is 69.6 Å². The average Bonchev–Trinajstić information content (AvgIpc) is 3.87. The lowest BCUT2D eigenvalue weighted by Gasteiger charge is -2.14. The van der Waals surface area contributed by atoms with Crippen LogP contribution in [0.15, 0.2) is 48.5 Å². The van der Waals surface area contributed by atoms with E-state index >= 15 is 4.39 Å². The van der Waals surface area contributed by atoms with Crippen molar-refractivity contribution in [3.63, 3.8) is 0 Å². The molecule has 2 aliphatic rings. The van der Waals surface area contributed by atoms with E-state index in [1.165, 1.54) is 12.1 Å². The SMILES string of the molecule is N#CC1(C(=O)Nc2c(F)ccc(NC(=O)c3cc(NC(=O)[C@H]4[C@H](c5ccc(F)c(C(F)(F)F)c5)C4(Cl)Cl)ccc3Cl)c2F)CC1. The summed E-state index contributed by atoms with van der Waals surface area (Å²) in [5.41, 5.74) is -4.79. The van der Waals surface area contributed by atoms with Crippen LogP contribution in [0, 0.1) is 40.1 Å². The van der Waals surface area contributed by atoms with E-state index in [0.717, 1.165) is 24.3 Å². The third-order valence-electron chi connectivity index (χ3n) is 7.45. The van der Waals surface area contributed by atoms with E-state index in [-0.39, 0.29) is 34.7 Å². The molecule has 45 heavy (non-hydrogen) atoms. The standard InChI is InChI=1S/C29H17Cl3F6N4O3/c30-16-3-2-13(40-25(44)21-20(28(21,31)32)12-1-4-17(33)15(9-12)29(36,37)38)10-14(16)24(43)41-19-6-5-18(34)23(22(19)35)42-26(45)27(11-39)7-8-27/h1-6,9-10,20-21H,7-8H2,(H,40,44)(H,41,43)(H,42,45)/t20-,21+/m0/s1. The van der Waals surface area contributed by atoms with Gasteiger partial charge in [-0.05, 0) is 60.9 Å². The van der Waals surface area contributed by atoms with Gasteiger partial charge in [-0.1, -0.05) is 17.7 Å². The van der Waals surface area contributed by atoms with Gasteiger partial charge in [-0.15, -0.1) is 23.2 Å². The van der Waals surface area contributed by atoms with Gasteiger partial charge in [0.15, 0.2) is 5.82 Å². The molecule has 0 bridgehead atoms. The molecular weight excluding hydrogens is 673 g/mol. The molecule has 0 saturated heterocycles. The first-order valence-electron chi connectivity index (χ1n) is 12.9. The number of halogens is 9. The van der Waals surface area contributed by atoms with Gasteiger partial charge in [0.1, 0.15) is 27.1 Å². The molecule has 0 aliphatic heterocycles. The molecule has 3 N–H and O–H groups in total. The molecular formula is C29H17Cl3F6N4O3. The number of carbonyl (C=O) groups excluding carboxylic acids is 3. The number of amides is 3. The zero-order valence-electron chi connectivity index (χ0n) is 22.3. The molecule has 5 rings (SSSR count). The summed E-state index contributed by atoms with van der Waals surface area (Å²) in [6.45, 7) is 0. The van der Waals surface area contributed by atoms with Crippen LogP contribution in [0.4, 0.5) is 43.4 Å². The maximum atomic E-state index is 15.1. The van der Waals surface area contributed by atoms with E-state index in [1.807, 2.05) is 5.32 Å². The van der Waals surface area contributed by atoms with Crippen molar-refractivity contribution in [2.75, 3.05) is 16.0 Å².